The molecule has 0 radical (unpaired) electrons. The van der Waals surface area contributed by atoms with E-state index >= 15 is 0 Å². The molecule has 0 aliphatic carbocycles. The lowest BCUT2D eigenvalue weighted by Gasteiger charge is -2.14. The first-order valence-corrected chi connectivity index (χ1v) is 8.23. The number of hydrogen-bond donors (Lipinski definition) is 3. The van der Waals surface area contributed by atoms with E-state index in [0.717, 1.165) is 32.9 Å². The Kier molecular flexibility index (Phi) is 3.18. The summed E-state index contributed by atoms with van der Waals surface area (Å²) in [7, 11) is 0. The molecule has 0 saturated carbocycles. The molecule has 6 heteroatoms. The van der Waals surface area contributed by atoms with Crippen LogP contribution in [0.5, 0.6) is 0 Å². The SMILES string of the molecule is Fc1ccc2[nH]cc(C(c3ncc[nH]3)c3c[nH]c4ccc(F)cc34)c2c1. The van der Waals surface area contributed by atoms with Gasteiger partial charge < -0.3 is 15.0 Å². The van der Waals surface area contributed by atoms with Gasteiger partial charge in [0.15, 0.2) is 0 Å². The smallest absolute Gasteiger partial charge is 0.123 e. The Morgan fingerprint density at radius 1 is 0.769 bits per heavy atom. The molecule has 0 aliphatic heterocycles. The molecule has 5 aromatic rings. The van der Waals surface area contributed by atoms with Crippen LogP contribution in [0.3, 0.4) is 0 Å². The normalized spacial score (nSPS) is 11.8. The number of fused-ring (bicyclic) bond motifs is 2. The molecule has 3 N–H and O–H groups in total. The highest BCUT2D eigenvalue weighted by molar-refractivity contribution is 5.88. The molecular formula is C20H14F2N4. The highest BCUT2D eigenvalue weighted by Gasteiger charge is 2.25. The molecule has 0 aliphatic rings. The number of imidazole rings is 1. The Balaban J connectivity index is 1.81. The molecule has 2 aromatic carbocycles. The predicted molar refractivity (Wildman–Crippen MR) is 96.0 cm³/mol. The van der Waals surface area contributed by atoms with Crippen molar-refractivity contribution in [2.24, 2.45) is 0 Å². The quantitative estimate of drug-likeness (QED) is 0.430. The maximum Gasteiger partial charge on any atom is 0.123 e. The Hall–Kier alpha value is -3.41. The van der Waals surface area contributed by atoms with Crippen LogP contribution in [0.1, 0.15) is 22.9 Å². The van der Waals surface area contributed by atoms with E-state index in [1.54, 1.807) is 24.5 Å². The van der Waals surface area contributed by atoms with Gasteiger partial charge in [-0.3, -0.25) is 0 Å². The van der Waals surface area contributed by atoms with Gasteiger partial charge in [-0.15, -0.1) is 0 Å². The Labute approximate surface area is 146 Å². The van der Waals surface area contributed by atoms with E-state index in [9.17, 15) is 8.78 Å². The highest BCUT2D eigenvalue weighted by atomic mass is 19.1. The number of rotatable bonds is 3. The van der Waals surface area contributed by atoms with E-state index in [1.165, 1.54) is 24.3 Å². The average Bonchev–Trinajstić information content (AvgIpc) is 3.37. The summed E-state index contributed by atoms with van der Waals surface area (Å²) in [5.74, 6) is -0.195. The molecule has 0 atom stereocenters. The van der Waals surface area contributed by atoms with Crippen LogP contribution in [0.4, 0.5) is 8.78 Å². The van der Waals surface area contributed by atoms with Gasteiger partial charge in [-0.25, -0.2) is 13.8 Å². The molecule has 0 spiro atoms. The fourth-order valence-electron chi connectivity index (χ4n) is 3.60. The molecule has 4 nitrogen and oxygen atoms in total. The molecule has 0 bridgehead atoms. The van der Waals surface area contributed by atoms with Crippen molar-refractivity contribution >= 4 is 21.8 Å². The Bertz CT molecular complexity index is 1140. The number of nitrogens with one attached hydrogen (secondary N) is 3. The van der Waals surface area contributed by atoms with Gasteiger partial charge in [0.25, 0.3) is 0 Å². The fraction of sp³-hybridized carbons (Fsp3) is 0.0500. The third kappa shape index (κ3) is 2.23. The van der Waals surface area contributed by atoms with Crippen LogP contribution in [0.15, 0.2) is 61.2 Å². The maximum absolute atomic E-state index is 13.9. The molecule has 0 saturated heterocycles. The van der Waals surface area contributed by atoms with Gasteiger partial charge in [-0.1, -0.05) is 0 Å². The molecule has 3 heterocycles. The third-order valence-corrected chi connectivity index (χ3v) is 4.77. The van der Waals surface area contributed by atoms with Crippen molar-refractivity contribution in [3.8, 4) is 0 Å². The number of nitrogens with zero attached hydrogens (tertiary/aromatic N) is 1. The molecular weight excluding hydrogens is 334 g/mol. The van der Waals surface area contributed by atoms with Crippen LogP contribution in [-0.4, -0.2) is 19.9 Å². The lowest BCUT2D eigenvalue weighted by Crippen LogP contribution is -2.04. The van der Waals surface area contributed by atoms with Crippen LogP contribution < -0.4 is 0 Å². The largest absolute Gasteiger partial charge is 0.361 e. The summed E-state index contributed by atoms with van der Waals surface area (Å²) in [6, 6.07) is 9.28. The van der Waals surface area contributed by atoms with E-state index in [4.69, 9.17) is 0 Å². The summed E-state index contributed by atoms with van der Waals surface area (Å²) in [5.41, 5.74) is 3.42. The highest BCUT2D eigenvalue weighted by Crippen LogP contribution is 2.38. The Morgan fingerprint density at radius 2 is 1.35 bits per heavy atom. The van der Waals surface area contributed by atoms with Crippen molar-refractivity contribution in [2.45, 2.75) is 5.92 Å². The molecule has 0 unspecified atom stereocenters. The van der Waals surface area contributed by atoms with E-state index in [-0.39, 0.29) is 17.6 Å². The standard InChI is InChI=1S/C20H14F2N4/c21-11-1-3-17-13(7-11)15(9-25-17)19(20-23-5-6-24-20)16-10-26-18-4-2-12(22)8-14(16)18/h1-10,19,25-26H,(H,23,24). The van der Waals surface area contributed by atoms with E-state index in [2.05, 4.69) is 19.9 Å². The number of benzene rings is 2. The summed E-state index contributed by atoms with van der Waals surface area (Å²) >= 11 is 0. The van der Waals surface area contributed by atoms with Gasteiger partial charge in [0, 0.05) is 46.6 Å². The summed E-state index contributed by atoms with van der Waals surface area (Å²) < 4.78 is 27.7. The third-order valence-electron chi connectivity index (χ3n) is 4.77. The minimum Gasteiger partial charge on any atom is -0.361 e. The van der Waals surface area contributed by atoms with Crippen molar-refractivity contribution in [3.05, 3.63) is 89.8 Å². The fourth-order valence-corrected chi connectivity index (χ4v) is 3.60. The monoisotopic (exact) mass is 348 g/mol. The summed E-state index contributed by atoms with van der Waals surface area (Å²) in [6.45, 7) is 0. The lowest BCUT2D eigenvalue weighted by molar-refractivity contribution is 0.629. The first-order chi connectivity index (χ1) is 12.7. The van der Waals surface area contributed by atoms with Crippen LogP contribution in [0, 0.1) is 11.6 Å². The van der Waals surface area contributed by atoms with Crippen molar-refractivity contribution in [1.82, 2.24) is 19.9 Å². The second-order valence-electron chi connectivity index (χ2n) is 6.28. The van der Waals surface area contributed by atoms with Gasteiger partial charge in [0.2, 0.25) is 0 Å². The van der Waals surface area contributed by atoms with Crippen molar-refractivity contribution < 1.29 is 8.78 Å². The van der Waals surface area contributed by atoms with Crippen molar-refractivity contribution in [1.29, 1.82) is 0 Å². The van der Waals surface area contributed by atoms with Crippen LogP contribution >= 0.6 is 0 Å². The molecule has 0 amide bonds. The van der Waals surface area contributed by atoms with Crippen LogP contribution in [0.25, 0.3) is 21.8 Å². The molecule has 0 fully saturated rings. The topological polar surface area (TPSA) is 60.3 Å². The summed E-state index contributed by atoms with van der Waals surface area (Å²) in [5, 5.41) is 1.55. The minimum atomic E-state index is -0.304. The lowest BCUT2D eigenvalue weighted by atomic mass is 9.90. The second-order valence-corrected chi connectivity index (χ2v) is 6.28. The molecule has 5 rings (SSSR count). The van der Waals surface area contributed by atoms with Gasteiger partial charge in [0.05, 0.1) is 5.92 Å². The zero-order valence-electron chi connectivity index (χ0n) is 13.6. The average molecular weight is 348 g/mol. The summed E-state index contributed by atoms with van der Waals surface area (Å²) in [6.07, 6.45) is 7.13. The molecule has 26 heavy (non-hydrogen) atoms. The first kappa shape index (κ1) is 14.9. The number of aromatic amines is 3. The zero-order valence-corrected chi connectivity index (χ0v) is 13.6. The Morgan fingerprint density at radius 3 is 1.85 bits per heavy atom. The van der Waals surface area contributed by atoms with Gasteiger partial charge in [0.1, 0.15) is 17.5 Å². The zero-order chi connectivity index (χ0) is 17.7. The number of aromatic nitrogens is 4. The van der Waals surface area contributed by atoms with Crippen molar-refractivity contribution in [2.75, 3.05) is 0 Å². The van der Waals surface area contributed by atoms with Crippen molar-refractivity contribution in [3.63, 3.8) is 0 Å². The molecule has 3 aromatic heterocycles. The first-order valence-electron chi connectivity index (χ1n) is 8.23. The minimum absolute atomic E-state index is 0.295. The summed E-state index contributed by atoms with van der Waals surface area (Å²) in [4.78, 5) is 13.9. The predicted octanol–water partition coefficient (Wildman–Crippen LogP) is 4.83. The van der Waals surface area contributed by atoms with Crippen LogP contribution in [-0.2, 0) is 0 Å². The number of hydrogen-bond acceptors (Lipinski definition) is 1. The second kappa shape index (κ2) is 5.56. The van der Waals surface area contributed by atoms with E-state index < -0.39 is 0 Å². The van der Waals surface area contributed by atoms with E-state index in [0.29, 0.717) is 5.82 Å². The number of halogens is 2. The number of H-pyrrole nitrogens is 3. The van der Waals surface area contributed by atoms with Gasteiger partial charge >= 0.3 is 0 Å². The van der Waals surface area contributed by atoms with Gasteiger partial charge in [-0.05, 0) is 47.5 Å². The molecule has 128 valence electrons. The van der Waals surface area contributed by atoms with E-state index in [1.807, 2.05) is 12.4 Å². The van der Waals surface area contributed by atoms with Crippen LogP contribution in [0.2, 0.25) is 0 Å². The maximum atomic E-state index is 13.9. The van der Waals surface area contributed by atoms with Gasteiger partial charge in [-0.2, -0.15) is 0 Å².